The van der Waals surface area contributed by atoms with Gasteiger partial charge in [-0.25, -0.2) is 8.42 Å². The fourth-order valence-corrected chi connectivity index (χ4v) is 3.81. The Morgan fingerprint density at radius 2 is 1.89 bits per heavy atom. The van der Waals surface area contributed by atoms with Crippen molar-refractivity contribution in [3.8, 4) is 0 Å². The van der Waals surface area contributed by atoms with Crippen LogP contribution in [0.25, 0.3) is 0 Å². The molecule has 1 unspecified atom stereocenters. The Hall–Kier alpha value is -0.520. The van der Waals surface area contributed by atoms with E-state index in [-0.39, 0.29) is 11.8 Å². The maximum absolute atomic E-state index is 11.0. The van der Waals surface area contributed by atoms with Gasteiger partial charge in [-0.2, -0.15) is 11.8 Å². The highest BCUT2D eigenvalue weighted by molar-refractivity contribution is 8.00. The van der Waals surface area contributed by atoms with Crippen LogP contribution in [0.5, 0.6) is 0 Å². The Morgan fingerprint density at radius 1 is 1.28 bits per heavy atom. The van der Waals surface area contributed by atoms with E-state index >= 15 is 0 Å². The minimum atomic E-state index is -2.86. The smallest absolute Gasteiger partial charge is 0.148 e. The van der Waals surface area contributed by atoms with E-state index in [9.17, 15) is 8.42 Å². The zero-order chi connectivity index (χ0) is 13.6. The second kappa shape index (κ2) is 7.16. The summed E-state index contributed by atoms with van der Waals surface area (Å²) in [4.78, 5) is 0. The van der Waals surface area contributed by atoms with Gasteiger partial charge in [-0.3, -0.25) is 0 Å². The van der Waals surface area contributed by atoms with Crippen LogP contribution in [0, 0.1) is 0 Å². The van der Waals surface area contributed by atoms with Crippen LogP contribution in [0.4, 0.5) is 0 Å². The fourth-order valence-electron chi connectivity index (χ4n) is 1.52. The molecular weight excluding hydrogens is 266 g/mol. The Kier molecular flexibility index (Phi) is 6.18. The largest absolute Gasteiger partial charge is 0.323 e. The lowest BCUT2D eigenvalue weighted by atomic mass is 10.1. The molecule has 0 fully saturated rings. The van der Waals surface area contributed by atoms with Crippen molar-refractivity contribution >= 4 is 21.6 Å². The van der Waals surface area contributed by atoms with Crippen LogP contribution < -0.4 is 5.73 Å². The standard InChI is InChI=1S/C13H21NO2S2/c1-3-11-4-6-12(7-5-11)13(14)10-17-8-9-18(2,15)16/h4-7,13H,3,8-10,14H2,1-2H3. The Balaban J connectivity index is 2.38. The van der Waals surface area contributed by atoms with Gasteiger partial charge in [0.15, 0.2) is 0 Å². The van der Waals surface area contributed by atoms with E-state index in [0.29, 0.717) is 5.75 Å². The maximum Gasteiger partial charge on any atom is 0.148 e. The molecule has 5 heteroatoms. The molecule has 0 aliphatic rings. The molecular formula is C13H21NO2S2. The third-order valence-corrected chi connectivity index (χ3v) is 5.00. The third kappa shape index (κ3) is 5.89. The minimum absolute atomic E-state index is 0.0273. The third-order valence-electron chi connectivity index (χ3n) is 2.71. The van der Waals surface area contributed by atoms with Crippen molar-refractivity contribution in [1.29, 1.82) is 0 Å². The summed E-state index contributed by atoms with van der Waals surface area (Å²) in [6.07, 6.45) is 2.29. The summed E-state index contributed by atoms with van der Waals surface area (Å²) in [5.74, 6) is 1.58. The van der Waals surface area contributed by atoms with Crippen molar-refractivity contribution in [2.45, 2.75) is 19.4 Å². The van der Waals surface area contributed by atoms with Gasteiger partial charge >= 0.3 is 0 Å². The van der Waals surface area contributed by atoms with Crippen LogP contribution in [-0.2, 0) is 16.3 Å². The second-order valence-corrected chi connectivity index (χ2v) is 7.82. The molecule has 0 spiro atoms. The zero-order valence-electron chi connectivity index (χ0n) is 10.9. The summed E-state index contributed by atoms with van der Waals surface area (Å²) in [6.45, 7) is 2.12. The van der Waals surface area contributed by atoms with E-state index in [4.69, 9.17) is 5.73 Å². The summed E-state index contributed by atoms with van der Waals surface area (Å²) < 4.78 is 21.9. The summed E-state index contributed by atoms with van der Waals surface area (Å²) in [5.41, 5.74) is 8.48. The van der Waals surface area contributed by atoms with Gasteiger partial charge in [-0.15, -0.1) is 0 Å². The van der Waals surface area contributed by atoms with Crippen molar-refractivity contribution < 1.29 is 8.42 Å². The summed E-state index contributed by atoms with van der Waals surface area (Å²) in [5, 5.41) is 0. The first-order valence-corrected chi connectivity index (χ1v) is 9.24. The number of nitrogens with two attached hydrogens (primary N) is 1. The quantitative estimate of drug-likeness (QED) is 0.780. The number of benzene rings is 1. The van der Waals surface area contributed by atoms with Gasteiger partial charge in [0.25, 0.3) is 0 Å². The van der Waals surface area contributed by atoms with Crippen LogP contribution in [0.15, 0.2) is 24.3 Å². The molecule has 102 valence electrons. The SMILES string of the molecule is CCc1ccc(C(N)CSCCS(C)(=O)=O)cc1. The molecule has 0 aromatic heterocycles. The van der Waals surface area contributed by atoms with Gasteiger partial charge in [0.1, 0.15) is 9.84 Å². The average Bonchev–Trinajstić information content (AvgIpc) is 2.33. The number of thioether (sulfide) groups is 1. The number of rotatable bonds is 7. The van der Waals surface area contributed by atoms with Crippen molar-refractivity contribution in [1.82, 2.24) is 0 Å². The first kappa shape index (κ1) is 15.5. The van der Waals surface area contributed by atoms with Crippen LogP contribution in [0.3, 0.4) is 0 Å². The van der Waals surface area contributed by atoms with Gasteiger partial charge in [-0.1, -0.05) is 31.2 Å². The molecule has 0 heterocycles. The first-order chi connectivity index (χ1) is 8.42. The monoisotopic (exact) mass is 287 g/mol. The highest BCUT2D eigenvalue weighted by Crippen LogP contribution is 2.17. The number of sulfone groups is 1. The molecule has 1 aromatic rings. The normalized spacial score (nSPS) is 13.5. The zero-order valence-corrected chi connectivity index (χ0v) is 12.6. The second-order valence-electron chi connectivity index (χ2n) is 4.41. The lowest BCUT2D eigenvalue weighted by Gasteiger charge is -2.12. The van der Waals surface area contributed by atoms with Gasteiger partial charge in [0.2, 0.25) is 0 Å². The van der Waals surface area contributed by atoms with Crippen molar-refractivity contribution in [2.24, 2.45) is 5.73 Å². The predicted octanol–water partition coefficient (Wildman–Crippen LogP) is 2.03. The van der Waals surface area contributed by atoms with E-state index in [2.05, 4.69) is 31.2 Å². The summed E-state index contributed by atoms with van der Waals surface area (Å²) in [6, 6.07) is 8.27. The van der Waals surface area contributed by atoms with Crippen LogP contribution in [-0.4, -0.2) is 31.9 Å². The highest BCUT2D eigenvalue weighted by atomic mass is 32.2. The molecule has 0 aliphatic heterocycles. The van der Waals surface area contributed by atoms with E-state index < -0.39 is 9.84 Å². The molecule has 18 heavy (non-hydrogen) atoms. The number of hydrogen-bond acceptors (Lipinski definition) is 4. The summed E-state index contributed by atoms with van der Waals surface area (Å²) >= 11 is 1.59. The van der Waals surface area contributed by atoms with Gasteiger partial charge < -0.3 is 5.73 Å². The Labute approximate surface area is 114 Å². The molecule has 0 saturated heterocycles. The topological polar surface area (TPSA) is 60.2 Å². The van der Waals surface area contributed by atoms with E-state index in [1.54, 1.807) is 11.8 Å². The van der Waals surface area contributed by atoms with E-state index in [0.717, 1.165) is 17.7 Å². The minimum Gasteiger partial charge on any atom is -0.323 e. The first-order valence-electron chi connectivity index (χ1n) is 6.02. The Morgan fingerprint density at radius 3 is 2.39 bits per heavy atom. The number of hydrogen-bond donors (Lipinski definition) is 1. The van der Waals surface area contributed by atoms with Gasteiger partial charge in [-0.05, 0) is 17.5 Å². The highest BCUT2D eigenvalue weighted by Gasteiger charge is 2.07. The lowest BCUT2D eigenvalue weighted by Crippen LogP contribution is -2.14. The Bertz CT molecular complexity index is 454. The molecule has 1 atom stereocenters. The molecule has 0 bridgehead atoms. The van der Waals surface area contributed by atoms with Gasteiger partial charge in [0, 0.05) is 23.8 Å². The molecule has 1 rings (SSSR count). The van der Waals surface area contributed by atoms with E-state index in [1.807, 2.05) is 0 Å². The van der Waals surface area contributed by atoms with Crippen LogP contribution in [0.1, 0.15) is 24.1 Å². The molecule has 3 nitrogen and oxygen atoms in total. The molecule has 2 N–H and O–H groups in total. The predicted molar refractivity (Wildman–Crippen MR) is 79.8 cm³/mol. The van der Waals surface area contributed by atoms with Crippen molar-refractivity contribution in [3.05, 3.63) is 35.4 Å². The van der Waals surface area contributed by atoms with Gasteiger partial charge in [0.05, 0.1) is 5.75 Å². The van der Waals surface area contributed by atoms with Crippen LogP contribution in [0.2, 0.25) is 0 Å². The van der Waals surface area contributed by atoms with Crippen molar-refractivity contribution in [3.63, 3.8) is 0 Å². The van der Waals surface area contributed by atoms with E-state index in [1.165, 1.54) is 11.8 Å². The number of aryl methyl sites for hydroxylation is 1. The summed E-state index contributed by atoms with van der Waals surface area (Å²) in [7, 11) is -2.86. The maximum atomic E-state index is 11.0. The molecule has 0 amide bonds. The van der Waals surface area contributed by atoms with Crippen LogP contribution >= 0.6 is 11.8 Å². The fraction of sp³-hybridized carbons (Fsp3) is 0.538. The lowest BCUT2D eigenvalue weighted by molar-refractivity contribution is 0.603. The van der Waals surface area contributed by atoms with Crippen molar-refractivity contribution in [2.75, 3.05) is 23.5 Å². The molecule has 1 aromatic carbocycles. The average molecular weight is 287 g/mol. The molecule has 0 aliphatic carbocycles. The molecule has 0 saturated carbocycles. The molecule has 0 radical (unpaired) electrons.